The number of aromatic nitrogens is 4. The second kappa shape index (κ2) is 9.88. The van der Waals surface area contributed by atoms with Crippen LogP contribution in [0.2, 0.25) is 5.02 Å². The Morgan fingerprint density at radius 2 is 1.93 bits per heavy atom. The highest BCUT2D eigenvalue weighted by Gasteiger charge is 2.21. The van der Waals surface area contributed by atoms with Crippen LogP contribution in [-0.4, -0.2) is 59.8 Å². The minimum atomic E-state index is -0.980. The first-order valence-corrected chi connectivity index (χ1v) is 10.8. The number of aromatic amines is 1. The molecule has 12 heteroatoms. The maximum Gasteiger partial charge on any atom is 0.329 e. The molecular formula is C18H20Cl2N4O5S. The van der Waals surface area contributed by atoms with Gasteiger partial charge in [0, 0.05) is 23.7 Å². The molecule has 2 atom stereocenters. The van der Waals surface area contributed by atoms with Crippen molar-refractivity contribution in [3.63, 3.8) is 0 Å². The first kappa shape index (κ1) is 22.7. The van der Waals surface area contributed by atoms with Gasteiger partial charge in [0.05, 0.1) is 12.6 Å². The number of aliphatic hydroxyl groups excluding tert-OH is 2. The van der Waals surface area contributed by atoms with Gasteiger partial charge in [-0.15, -0.1) is 11.6 Å². The normalized spacial score (nSPS) is 13.5. The molecule has 0 fully saturated rings. The number of rotatable bonds is 9. The molecule has 0 saturated heterocycles. The minimum absolute atomic E-state index is 0.00925. The zero-order valence-corrected chi connectivity index (χ0v) is 18.2. The zero-order chi connectivity index (χ0) is 21.8. The van der Waals surface area contributed by atoms with E-state index >= 15 is 0 Å². The number of aryl methyl sites for hydroxylation is 1. The van der Waals surface area contributed by atoms with Crippen molar-refractivity contribution in [2.75, 3.05) is 18.2 Å². The third-order valence-corrected chi connectivity index (χ3v) is 5.93. The van der Waals surface area contributed by atoms with Crippen LogP contribution in [0.3, 0.4) is 0 Å². The molecule has 2 aromatic heterocycles. The van der Waals surface area contributed by atoms with Crippen LogP contribution in [0, 0.1) is 0 Å². The van der Waals surface area contributed by atoms with Crippen molar-refractivity contribution in [2.45, 2.75) is 23.9 Å². The van der Waals surface area contributed by atoms with Crippen LogP contribution in [-0.2, 0) is 13.6 Å². The highest BCUT2D eigenvalue weighted by molar-refractivity contribution is 7.99. The Morgan fingerprint density at radius 1 is 1.23 bits per heavy atom. The van der Waals surface area contributed by atoms with Crippen LogP contribution in [0.4, 0.5) is 0 Å². The third kappa shape index (κ3) is 5.19. The lowest BCUT2D eigenvalue weighted by Crippen LogP contribution is -2.30. The van der Waals surface area contributed by atoms with Gasteiger partial charge in [0.25, 0.3) is 5.56 Å². The van der Waals surface area contributed by atoms with Gasteiger partial charge in [-0.25, -0.2) is 9.78 Å². The summed E-state index contributed by atoms with van der Waals surface area (Å²) in [6.45, 7) is -0.0515. The van der Waals surface area contributed by atoms with Gasteiger partial charge >= 0.3 is 5.69 Å². The topological polar surface area (TPSA) is 122 Å². The summed E-state index contributed by atoms with van der Waals surface area (Å²) in [4.78, 5) is 30.9. The molecule has 0 spiro atoms. The number of alkyl halides is 1. The van der Waals surface area contributed by atoms with Gasteiger partial charge in [-0.3, -0.25) is 14.3 Å². The monoisotopic (exact) mass is 474 g/mol. The lowest BCUT2D eigenvalue weighted by molar-refractivity contribution is 0.0913. The molecule has 1 aromatic carbocycles. The Labute approximate surface area is 185 Å². The van der Waals surface area contributed by atoms with Gasteiger partial charge in [0.1, 0.15) is 18.5 Å². The largest absolute Gasteiger partial charge is 0.491 e. The van der Waals surface area contributed by atoms with Crippen LogP contribution in [0.1, 0.15) is 0 Å². The molecule has 2 heterocycles. The quantitative estimate of drug-likeness (QED) is 0.314. The number of aliphatic hydroxyl groups is 2. The summed E-state index contributed by atoms with van der Waals surface area (Å²) in [5, 5.41) is 21.2. The fourth-order valence-corrected chi connectivity index (χ4v) is 3.99. The summed E-state index contributed by atoms with van der Waals surface area (Å²) in [6, 6.07) is 6.70. The number of fused-ring (bicyclic) bond motifs is 1. The fourth-order valence-electron chi connectivity index (χ4n) is 2.70. The molecule has 0 amide bonds. The molecule has 3 N–H and O–H groups in total. The van der Waals surface area contributed by atoms with E-state index in [-0.39, 0.29) is 35.9 Å². The molecule has 0 aliphatic rings. The summed E-state index contributed by atoms with van der Waals surface area (Å²) in [6.07, 6.45) is -1.75. The summed E-state index contributed by atoms with van der Waals surface area (Å²) in [5.74, 6) is 0.814. The van der Waals surface area contributed by atoms with E-state index < -0.39 is 23.5 Å². The van der Waals surface area contributed by atoms with E-state index in [1.807, 2.05) is 0 Å². The van der Waals surface area contributed by atoms with Gasteiger partial charge in [0.15, 0.2) is 16.3 Å². The fraction of sp³-hybridized carbons (Fsp3) is 0.389. The van der Waals surface area contributed by atoms with Crippen molar-refractivity contribution in [1.82, 2.24) is 19.1 Å². The molecule has 30 heavy (non-hydrogen) atoms. The van der Waals surface area contributed by atoms with E-state index in [4.69, 9.17) is 27.9 Å². The zero-order valence-electron chi connectivity index (χ0n) is 15.9. The number of thioether (sulfide) groups is 1. The Balaban J connectivity index is 1.87. The van der Waals surface area contributed by atoms with Gasteiger partial charge in [-0.2, -0.15) is 0 Å². The molecule has 162 valence electrons. The van der Waals surface area contributed by atoms with Crippen LogP contribution < -0.4 is 16.0 Å². The van der Waals surface area contributed by atoms with Crippen molar-refractivity contribution in [1.29, 1.82) is 0 Å². The number of nitrogens with one attached hydrogen (secondary N) is 1. The average molecular weight is 475 g/mol. The van der Waals surface area contributed by atoms with E-state index in [2.05, 4.69) is 9.97 Å². The molecule has 0 bridgehead atoms. The molecule has 0 aliphatic heterocycles. The Morgan fingerprint density at radius 3 is 2.60 bits per heavy atom. The summed E-state index contributed by atoms with van der Waals surface area (Å²) in [7, 11) is 1.49. The van der Waals surface area contributed by atoms with E-state index in [0.717, 1.165) is 0 Å². The molecule has 0 saturated carbocycles. The highest BCUT2D eigenvalue weighted by atomic mass is 35.5. The van der Waals surface area contributed by atoms with E-state index in [9.17, 15) is 19.8 Å². The molecule has 3 aromatic rings. The number of hydrogen-bond donors (Lipinski definition) is 3. The number of H-pyrrole nitrogens is 1. The lowest BCUT2D eigenvalue weighted by atomic mass is 10.3. The van der Waals surface area contributed by atoms with E-state index in [0.29, 0.717) is 15.9 Å². The average Bonchev–Trinajstić information content (AvgIpc) is 3.08. The number of hydrogen-bond acceptors (Lipinski definition) is 7. The first-order valence-electron chi connectivity index (χ1n) is 8.93. The number of ether oxygens (including phenoxy) is 1. The predicted octanol–water partition coefficient (Wildman–Crippen LogP) is 1.21. The predicted molar refractivity (Wildman–Crippen MR) is 116 cm³/mol. The van der Waals surface area contributed by atoms with Crippen molar-refractivity contribution in [3.8, 4) is 5.75 Å². The number of halogens is 2. The maximum atomic E-state index is 12.4. The molecule has 0 aliphatic carbocycles. The minimum Gasteiger partial charge on any atom is -0.491 e. The molecule has 0 unspecified atom stereocenters. The molecule has 0 radical (unpaired) electrons. The summed E-state index contributed by atoms with van der Waals surface area (Å²) in [5.41, 5.74) is -0.889. The second-order valence-corrected chi connectivity index (χ2v) is 8.27. The number of imidazole rings is 1. The van der Waals surface area contributed by atoms with E-state index in [1.165, 1.54) is 27.9 Å². The molecular weight excluding hydrogens is 455 g/mol. The van der Waals surface area contributed by atoms with Crippen LogP contribution in [0.15, 0.2) is 39.0 Å². The maximum absolute atomic E-state index is 12.4. The van der Waals surface area contributed by atoms with Crippen LogP contribution in [0.5, 0.6) is 5.75 Å². The SMILES string of the molecule is Cn1c(=O)[nH]c(=O)c2c1nc(SC[C@H](O)CCl)n2C[C@@H](O)COc1ccc(Cl)cc1. The van der Waals surface area contributed by atoms with Gasteiger partial charge < -0.3 is 19.5 Å². The number of nitrogens with zero attached hydrogens (tertiary/aromatic N) is 3. The van der Waals surface area contributed by atoms with Crippen molar-refractivity contribution < 1.29 is 14.9 Å². The Hall–Kier alpha value is -1.98. The lowest BCUT2D eigenvalue weighted by Gasteiger charge is -2.15. The molecule has 3 rings (SSSR count). The molecule has 9 nitrogen and oxygen atoms in total. The summed E-state index contributed by atoms with van der Waals surface area (Å²) < 4.78 is 8.29. The van der Waals surface area contributed by atoms with Crippen molar-refractivity contribution in [3.05, 3.63) is 50.1 Å². The highest BCUT2D eigenvalue weighted by Crippen LogP contribution is 2.23. The van der Waals surface area contributed by atoms with E-state index in [1.54, 1.807) is 24.3 Å². The second-order valence-electron chi connectivity index (χ2n) is 6.53. The van der Waals surface area contributed by atoms with Crippen LogP contribution >= 0.6 is 35.0 Å². The van der Waals surface area contributed by atoms with Gasteiger partial charge in [-0.05, 0) is 24.3 Å². The van der Waals surface area contributed by atoms with Gasteiger partial charge in [0.2, 0.25) is 0 Å². The first-order chi connectivity index (χ1) is 14.3. The van der Waals surface area contributed by atoms with Crippen molar-refractivity contribution in [2.24, 2.45) is 7.05 Å². The summed E-state index contributed by atoms with van der Waals surface area (Å²) >= 11 is 12.7. The third-order valence-electron chi connectivity index (χ3n) is 4.20. The smallest absolute Gasteiger partial charge is 0.329 e. The van der Waals surface area contributed by atoms with Crippen molar-refractivity contribution >= 4 is 46.1 Å². The van der Waals surface area contributed by atoms with Gasteiger partial charge in [-0.1, -0.05) is 23.4 Å². The Kier molecular flexibility index (Phi) is 7.48. The number of benzene rings is 1. The standard InChI is InChI=1S/C18H20Cl2N4O5S/c1-23-15-14(16(27)22-17(23)28)24(18(21-15)30-9-11(25)6-19)7-12(26)8-29-13-4-2-10(20)3-5-13/h2-5,11-12,25-26H,6-9H2,1H3,(H,22,27,28)/t11-,12-/m1/s1. The Bertz CT molecular complexity index is 1130. The van der Waals surface area contributed by atoms with Crippen LogP contribution in [0.25, 0.3) is 11.2 Å².